The number of ether oxygens (including phenoxy) is 1. The molecule has 0 bridgehead atoms. The summed E-state index contributed by atoms with van der Waals surface area (Å²) in [5.41, 5.74) is 6.40. The van der Waals surface area contributed by atoms with Gasteiger partial charge in [0.1, 0.15) is 5.82 Å². The third-order valence-corrected chi connectivity index (χ3v) is 3.99. The molecule has 1 fully saturated rings. The number of nitrogens with two attached hydrogens (primary N) is 1. The summed E-state index contributed by atoms with van der Waals surface area (Å²) < 4.78 is 18.7. The fourth-order valence-electron chi connectivity index (χ4n) is 2.05. The number of hydrogen-bond acceptors (Lipinski definition) is 3. The molecule has 1 aliphatic rings. The third-order valence-electron chi connectivity index (χ3n) is 3.70. The molecule has 1 aromatic carbocycles. The number of guanidine groups is 1. The van der Waals surface area contributed by atoms with Crippen LogP contribution in [0, 0.1) is 11.2 Å². The van der Waals surface area contributed by atoms with Crippen LogP contribution in [0.5, 0.6) is 0 Å². The number of nitrogens with one attached hydrogen (secondary N) is 1. The van der Waals surface area contributed by atoms with E-state index >= 15 is 0 Å². The molecule has 7 heteroatoms. The van der Waals surface area contributed by atoms with Crippen LogP contribution in [0.3, 0.4) is 0 Å². The Kier molecular flexibility index (Phi) is 6.21. The lowest BCUT2D eigenvalue weighted by atomic mass is 9.94. The number of anilines is 1. The number of rotatable bonds is 4. The molecule has 0 spiro atoms. The van der Waals surface area contributed by atoms with Crippen molar-refractivity contribution in [2.75, 3.05) is 44.7 Å². The SMILES string of the molecule is CC(C)(CN)CN=C(Nc1ccc(F)c(Cl)c1)N1CCOCC1. The predicted molar refractivity (Wildman–Crippen MR) is 92.6 cm³/mol. The van der Waals surface area contributed by atoms with Crippen LogP contribution in [-0.4, -0.2) is 50.3 Å². The molecular weight excluding hydrogens is 319 g/mol. The molecule has 0 aliphatic carbocycles. The molecule has 5 nitrogen and oxygen atoms in total. The molecule has 1 aromatic rings. The zero-order valence-corrected chi connectivity index (χ0v) is 14.4. The second-order valence-electron chi connectivity index (χ2n) is 6.36. The highest BCUT2D eigenvalue weighted by Gasteiger charge is 2.19. The van der Waals surface area contributed by atoms with Crippen molar-refractivity contribution in [3.05, 3.63) is 29.0 Å². The lowest BCUT2D eigenvalue weighted by Crippen LogP contribution is -2.44. The van der Waals surface area contributed by atoms with Crippen molar-refractivity contribution in [1.29, 1.82) is 0 Å². The normalized spacial score (nSPS) is 16.6. The second kappa shape index (κ2) is 7.95. The van der Waals surface area contributed by atoms with Crippen LogP contribution in [0.15, 0.2) is 23.2 Å². The molecule has 1 aliphatic heterocycles. The summed E-state index contributed by atoms with van der Waals surface area (Å²) >= 11 is 5.85. The van der Waals surface area contributed by atoms with E-state index in [1.54, 1.807) is 12.1 Å². The Hall–Kier alpha value is -1.37. The van der Waals surface area contributed by atoms with Gasteiger partial charge in [0.15, 0.2) is 5.96 Å². The van der Waals surface area contributed by atoms with Gasteiger partial charge < -0.3 is 20.7 Å². The molecule has 23 heavy (non-hydrogen) atoms. The van der Waals surface area contributed by atoms with Crippen molar-refractivity contribution in [1.82, 2.24) is 4.90 Å². The van der Waals surface area contributed by atoms with Crippen LogP contribution in [0.1, 0.15) is 13.8 Å². The summed E-state index contributed by atoms with van der Waals surface area (Å²) in [5, 5.41) is 3.32. The summed E-state index contributed by atoms with van der Waals surface area (Å²) in [7, 11) is 0. The topological polar surface area (TPSA) is 62.9 Å². The van der Waals surface area contributed by atoms with Gasteiger partial charge in [-0.25, -0.2) is 4.39 Å². The van der Waals surface area contributed by atoms with Crippen molar-refractivity contribution >= 4 is 23.2 Å². The number of aliphatic imine (C=N–C) groups is 1. The number of hydrogen-bond donors (Lipinski definition) is 2. The van der Waals surface area contributed by atoms with Crippen molar-refractivity contribution in [2.45, 2.75) is 13.8 Å². The van der Waals surface area contributed by atoms with Gasteiger partial charge in [-0.15, -0.1) is 0 Å². The first kappa shape index (κ1) is 18.0. The average molecular weight is 343 g/mol. The van der Waals surface area contributed by atoms with E-state index in [9.17, 15) is 4.39 Å². The monoisotopic (exact) mass is 342 g/mol. The van der Waals surface area contributed by atoms with E-state index in [1.807, 2.05) is 0 Å². The van der Waals surface area contributed by atoms with Gasteiger partial charge in [0.2, 0.25) is 0 Å². The molecule has 0 amide bonds. The van der Waals surface area contributed by atoms with E-state index in [1.165, 1.54) is 6.07 Å². The minimum Gasteiger partial charge on any atom is -0.378 e. The van der Waals surface area contributed by atoms with Gasteiger partial charge in [0.25, 0.3) is 0 Å². The van der Waals surface area contributed by atoms with E-state index in [2.05, 4.69) is 24.1 Å². The van der Waals surface area contributed by atoms with Crippen LogP contribution >= 0.6 is 11.6 Å². The molecule has 128 valence electrons. The Morgan fingerprint density at radius 2 is 2.13 bits per heavy atom. The predicted octanol–water partition coefficient (Wildman–Crippen LogP) is 2.56. The molecule has 0 unspecified atom stereocenters. The summed E-state index contributed by atoms with van der Waals surface area (Å²) in [5.74, 6) is 0.295. The maximum Gasteiger partial charge on any atom is 0.198 e. The van der Waals surface area contributed by atoms with Crippen LogP contribution in [0.2, 0.25) is 5.02 Å². The average Bonchev–Trinajstić information content (AvgIpc) is 2.55. The number of halogens is 2. The van der Waals surface area contributed by atoms with Gasteiger partial charge in [-0.1, -0.05) is 25.4 Å². The van der Waals surface area contributed by atoms with E-state index in [-0.39, 0.29) is 10.4 Å². The number of benzene rings is 1. The van der Waals surface area contributed by atoms with Crippen LogP contribution in [0.4, 0.5) is 10.1 Å². The molecule has 1 saturated heterocycles. The Morgan fingerprint density at radius 3 is 2.74 bits per heavy atom. The molecule has 0 saturated carbocycles. The Balaban J connectivity index is 2.18. The van der Waals surface area contributed by atoms with Gasteiger partial charge in [0.05, 0.1) is 18.2 Å². The van der Waals surface area contributed by atoms with Crippen molar-refractivity contribution in [2.24, 2.45) is 16.1 Å². The van der Waals surface area contributed by atoms with Gasteiger partial charge in [0, 0.05) is 25.3 Å². The standard InChI is InChI=1S/C16H24ClFN4O/c1-16(2,10-19)11-20-15(22-5-7-23-8-6-22)21-12-3-4-14(18)13(17)9-12/h3-4,9H,5-8,10-11,19H2,1-2H3,(H,20,21). The molecule has 0 aromatic heterocycles. The van der Waals surface area contributed by atoms with Gasteiger partial charge in [-0.3, -0.25) is 4.99 Å². The second-order valence-corrected chi connectivity index (χ2v) is 6.77. The summed E-state index contributed by atoms with van der Waals surface area (Å²) in [6, 6.07) is 4.54. The van der Waals surface area contributed by atoms with Gasteiger partial charge in [-0.2, -0.15) is 0 Å². The highest BCUT2D eigenvalue weighted by Crippen LogP contribution is 2.20. The van der Waals surface area contributed by atoms with E-state index in [4.69, 9.17) is 27.1 Å². The van der Waals surface area contributed by atoms with Crippen molar-refractivity contribution < 1.29 is 9.13 Å². The fraction of sp³-hybridized carbons (Fsp3) is 0.562. The Labute approximate surface area is 141 Å². The molecule has 1 heterocycles. The molecular formula is C16H24ClFN4O. The molecule has 2 rings (SSSR count). The zero-order chi connectivity index (χ0) is 16.9. The first-order chi connectivity index (χ1) is 10.9. The van der Waals surface area contributed by atoms with Gasteiger partial charge in [-0.05, 0) is 30.2 Å². The maximum absolute atomic E-state index is 13.3. The number of nitrogens with zero attached hydrogens (tertiary/aromatic N) is 2. The Morgan fingerprint density at radius 1 is 1.43 bits per heavy atom. The lowest BCUT2D eigenvalue weighted by molar-refractivity contribution is 0.0678. The smallest absolute Gasteiger partial charge is 0.198 e. The molecule has 0 radical (unpaired) electrons. The van der Waals surface area contributed by atoms with Crippen LogP contribution in [0.25, 0.3) is 0 Å². The summed E-state index contributed by atoms with van der Waals surface area (Å²) in [6.45, 7) is 8.11. The largest absolute Gasteiger partial charge is 0.378 e. The summed E-state index contributed by atoms with van der Waals surface area (Å²) in [6.07, 6.45) is 0. The van der Waals surface area contributed by atoms with Crippen LogP contribution in [-0.2, 0) is 4.74 Å². The van der Waals surface area contributed by atoms with E-state index in [0.717, 1.165) is 19.0 Å². The molecule has 3 N–H and O–H groups in total. The first-order valence-electron chi connectivity index (χ1n) is 7.70. The minimum absolute atomic E-state index is 0.0821. The first-order valence-corrected chi connectivity index (χ1v) is 8.08. The highest BCUT2D eigenvalue weighted by atomic mass is 35.5. The molecule has 0 atom stereocenters. The highest BCUT2D eigenvalue weighted by molar-refractivity contribution is 6.31. The van der Waals surface area contributed by atoms with E-state index in [0.29, 0.717) is 32.0 Å². The van der Waals surface area contributed by atoms with Crippen molar-refractivity contribution in [3.8, 4) is 0 Å². The van der Waals surface area contributed by atoms with E-state index < -0.39 is 5.82 Å². The van der Waals surface area contributed by atoms with Crippen molar-refractivity contribution in [3.63, 3.8) is 0 Å². The fourth-order valence-corrected chi connectivity index (χ4v) is 2.23. The summed E-state index contributed by atoms with van der Waals surface area (Å²) in [4.78, 5) is 6.81. The minimum atomic E-state index is -0.439. The number of morpholine rings is 1. The Bertz CT molecular complexity index is 559. The maximum atomic E-state index is 13.3. The van der Waals surface area contributed by atoms with Crippen LogP contribution < -0.4 is 11.1 Å². The zero-order valence-electron chi connectivity index (χ0n) is 13.6. The van der Waals surface area contributed by atoms with Gasteiger partial charge >= 0.3 is 0 Å². The lowest BCUT2D eigenvalue weighted by Gasteiger charge is -2.31. The quantitative estimate of drug-likeness (QED) is 0.652. The third kappa shape index (κ3) is 5.34.